The van der Waals surface area contributed by atoms with Gasteiger partial charge >= 0.3 is 0 Å². The van der Waals surface area contributed by atoms with Crippen molar-refractivity contribution in [3.8, 4) is 11.5 Å². The molecule has 0 atom stereocenters. The highest BCUT2D eigenvalue weighted by atomic mass is 16.5. The number of anilines is 1. The number of ether oxygens (including phenoxy) is 2. The minimum absolute atomic E-state index is 0.00900. The highest BCUT2D eigenvalue weighted by Gasteiger charge is 2.21. The Balaban J connectivity index is 1.45. The predicted octanol–water partition coefficient (Wildman–Crippen LogP) is 2.25. The van der Waals surface area contributed by atoms with Crippen LogP contribution in [0.4, 0.5) is 5.69 Å². The Hall–Kier alpha value is -2.54. The van der Waals surface area contributed by atoms with Crippen LogP contribution in [0.1, 0.15) is 12.8 Å². The van der Waals surface area contributed by atoms with Gasteiger partial charge in [-0.05, 0) is 44.0 Å². The second kappa shape index (κ2) is 8.71. The van der Waals surface area contributed by atoms with Crippen molar-refractivity contribution in [2.75, 3.05) is 39.2 Å². The minimum Gasteiger partial charge on any atom is -0.493 e. The fourth-order valence-electron chi connectivity index (χ4n) is 3.34. The quantitative estimate of drug-likeness (QED) is 0.822. The van der Waals surface area contributed by atoms with Crippen LogP contribution in [0.25, 0.3) is 0 Å². The van der Waals surface area contributed by atoms with Crippen molar-refractivity contribution in [2.24, 2.45) is 5.92 Å². The molecule has 0 unspecified atom stereocenters. The van der Waals surface area contributed by atoms with Crippen LogP contribution < -0.4 is 14.8 Å². The predicted molar refractivity (Wildman–Crippen MR) is 99.6 cm³/mol. The lowest BCUT2D eigenvalue weighted by atomic mass is 9.97. The molecule has 1 N–H and O–H groups in total. The summed E-state index contributed by atoms with van der Waals surface area (Å²) >= 11 is 0. The molecule has 1 saturated heterocycles. The van der Waals surface area contributed by atoms with Crippen LogP contribution in [0, 0.1) is 5.92 Å². The monoisotopic (exact) mass is 358 g/mol. The Morgan fingerprint density at radius 1 is 1.23 bits per heavy atom. The van der Waals surface area contributed by atoms with E-state index in [0.29, 0.717) is 29.6 Å². The van der Waals surface area contributed by atoms with Crippen LogP contribution >= 0.6 is 0 Å². The largest absolute Gasteiger partial charge is 0.493 e. The van der Waals surface area contributed by atoms with Crippen molar-refractivity contribution in [3.63, 3.8) is 0 Å². The molecule has 1 aromatic heterocycles. The van der Waals surface area contributed by atoms with Crippen LogP contribution in [-0.2, 0) is 11.3 Å². The summed E-state index contributed by atoms with van der Waals surface area (Å²) < 4.78 is 12.6. The van der Waals surface area contributed by atoms with Crippen LogP contribution in [0.2, 0.25) is 0 Å². The summed E-state index contributed by atoms with van der Waals surface area (Å²) in [5.74, 6) is 1.88. The first-order valence-corrected chi connectivity index (χ1v) is 8.88. The Morgan fingerprint density at radius 2 is 2.00 bits per heavy atom. The van der Waals surface area contributed by atoms with Gasteiger partial charge in [-0.1, -0.05) is 0 Å². The Labute approximate surface area is 153 Å². The van der Waals surface area contributed by atoms with E-state index < -0.39 is 0 Å². The molecule has 0 spiro atoms. The van der Waals surface area contributed by atoms with Gasteiger partial charge in [-0.2, -0.15) is 0 Å². The number of nitrogens with zero attached hydrogens (tertiary/aromatic N) is 3. The van der Waals surface area contributed by atoms with Gasteiger partial charge in [-0.25, -0.2) is 4.98 Å². The van der Waals surface area contributed by atoms with Crippen LogP contribution in [-0.4, -0.2) is 54.2 Å². The first-order valence-electron chi connectivity index (χ1n) is 8.88. The fraction of sp³-hybridized carbons (Fsp3) is 0.474. The number of aromatic nitrogens is 2. The molecule has 3 rings (SSSR count). The summed E-state index contributed by atoms with van der Waals surface area (Å²) in [6.45, 7) is 3.30. The van der Waals surface area contributed by atoms with Gasteiger partial charge in [0.05, 0.1) is 27.1 Å². The maximum Gasteiger partial charge on any atom is 0.238 e. The van der Waals surface area contributed by atoms with Gasteiger partial charge in [0.15, 0.2) is 11.5 Å². The average Bonchev–Trinajstić information content (AvgIpc) is 3.16. The number of piperidine rings is 1. The van der Waals surface area contributed by atoms with Crippen molar-refractivity contribution in [2.45, 2.75) is 19.4 Å². The number of carbonyl (C=O) groups excluding carboxylic acids is 1. The standard InChI is InChI=1S/C19H26N4O3/c1-25-17-4-3-16(11-18(17)26-2)21-19(24)13-22-8-5-15(6-9-22)12-23-10-7-20-14-23/h3-4,7,10-11,14-15H,5-6,8-9,12-13H2,1-2H3,(H,21,24). The molecule has 7 nitrogen and oxygen atoms in total. The molecular weight excluding hydrogens is 332 g/mol. The zero-order valence-electron chi connectivity index (χ0n) is 15.4. The van der Waals surface area contributed by atoms with Gasteiger partial charge in [0.25, 0.3) is 0 Å². The Kier molecular flexibility index (Phi) is 6.12. The molecule has 0 aliphatic carbocycles. The van der Waals surface area contributed by atoms with E-state index in [-0.39, 0.29) is 5.91 Å². The van der Waals surface area contributed by atoms with Crippen molar-refractivity contribution in [1.29, 1.82) is 0 Å². The summed E-state index contributed by atoms with van der Waals surface area (Å²) in [5, 5.41) is 2.93. The normalized spacial score (nSPS) is 15.6. The highest BCUT2D eigenvalue weighted by molar-refractivity contribution is 5.92. The topological polar surface area (TPSA) is 68.6 Å². The molecule has 140 valence electrons. The van der Waals surface area contributed by atoms with Crippen molar-refractivity contribution in [3.05, 3.63) is 36.9 Å². The van der Waals surface area contributed by atoms with E-state index in [1.54, 1.807) is 26.4 Å². The zero-order valence-corrected chi connectivity index (χ0v) is 15.4. The minimum atomic E-state index is -0.00900. The number of imidazole rings is 1. The van der Waals surface area contributed by atoms with Gasteiger partial charge in [0.1, 0.15) is 0 Å². The number of nitrogens with one attached hydrogen (secondary N) is 1. The molecule has 7 heteroatoms. The molecule has 2 heterocycles. The molecule has 1 fully saturated rings. The number of hydrogen-bond acceptors (Lipinski definition) is 5. The highest BCUT2D eigenvalue weighted by Crippen LogP contribution is 2.29. The lowest BCUT2D eigenvalue weighted by Gasteiger charge is -2.31. The lowest BCUT2D eigenvalue weighted by Crippen LogP contribution is -2.39. The van der Waals surface area contributed by atoms with Crippen molar-refractivity contribution >= 4 is 11.6 Å². The molecular formula is C19H26N4O3. The lowest BCUT2D eigenvalue weighted by molar-refractivity contribution is -0.117. The Morgan fingerprint density at radius 3 is 2.65 bits per heavy atom. The van der Waals surface area contributed by atoms with E-state index in [9.17, 15) is 4.79 Å². The van der Waals surface area contributed by atoms with Gasteiger partial charge in [-0.15, -0.1) is 0 Å². The Bertz CT molecular complexity index is 710. The second-order valence-corrected chi connectivity index (χ2v) is 6.60. The second-order valence-electron chi connectivity index (χ2n) is 6.60. The van der Waals surface area contributed by atoms with E-state index in [2.05, 4.69) is 19.8 Å². The van der Waals surface area contributed by atoms with E-state index in [1.165, 1.54) is 0 Å². The summed E-state index contributed by atoms with van der Waals surface area (Å²) in [7, 11) is 3.17. The SMILES string of the molecule is COc1ccc(NC(=O)CN2CCC(Cn3ccnc3)CC2)cc1OC. The number of rotatable bonds is 7. The maximum absolute atomic E-state index is 12.3. The molecule has 2 aromatic rings. The number of likely N-dealkylation sites (tertiary alicyclic amines) is 1. The smallest absolute Gasteiger partial charge is 0.238 e. The van der Waals surface area contributed by atoms with Gasteiger partial charge in [-0.3, -0.25) is 9.69 Å². The van der Waals surface area contributed by atoms with Crippen molar-refractivity contribution in [1.82, 2.24) is 14.5 Å². The molecule has 1 aliphatic rings. The number of hydrogen-bond donors (Lipinski definition) is 1. The maximum atomic E-state index is 12.3. The average molecular weight is 358 g/mol. The van der Waals surface area contributed by atoms with Gasteiger partial charge < -0.3 is 19.4 Å². The first-order chi connectivity index (χ1) is 12.7. The third-order valence-corrected chi connectivity index (χ3v) is 4.77. The summed E-state index contributed by atoms with van der Waals surface area (Å²) in [4.78, 5) is 18.6. The summed E-state index contributed by atoms with van der Waals surface area (Å²) in [6, 6.07) is 5.38. The first kappa shape index (κ1) is 18.3. The molecule has 1 aliphatic heterocycles. The number of benzene rings is 1. The zero-order chi connectivity index (χ0) is 18.4. The van der Waals surface area contributed by atoms with E-state index in [0.717, 1.165) is 32.5 Å². The van der Waals surface area contributed by atoms with E-state index in [1.807, 2.05) is 24.8 Å². The molecule has 0 radical (unpaired) electrons. The van der Waals surface area contributed by atoms with Crippen LogP contribution in [0.3, 0.4) is 0 Å². The van der Waals surface area contributed by atoms with Crippen molar-refractivity contribution < 1.29 is 14.3 Å². The van der Waals surface area contributed by atoms with Gasteiger partial charge in [0.2, 0.25) is 5.91 Å². The molecule has 1 amide bonds. The molecule has 26 heavy (non-hydrogen) atoms. The molecule has 1 aromatic carbocycles. The fourth-order valence-corrected chi connectivity index (χ4v) is 3.34. The number of methoxy groups -OCH3 is 2. The third kappa shape index (κ3) is 4.76. The summed E-state index contributed by atoms with van der Waals surface area (Å²) in [6.07, 6.45) is 7.88. The van der Waals surface area contributed by atoms with E-state index in [4.69, 9.17) is 9.47 Å². The molecule has 0 bridgehead atoms. The third-order valence-electron chi connectivity index (χ3n) is 4.77. The van der Waals surface area contributed by atoms with Crippen LogP contribution in [0.15, 0.2) is 36.9 Å². The number of amides is 1. The van der Waals surface area contributed by atoms with Gasteiger partial charge in [0, 0.05) is 30.7 Å². The van der Waals surface area contributed by atoms with E-state index >= 15 is 0 Å². The number of carbonyl (C=O) groups is 1. The summed E-state index contributed by atoms with van der Waals surface area (Å²) in [5.41, 5.74) is 0.711. The van der Waals surface area contributed by atoms with Crippen LogP contribution in [0.5, 0.6) is 11.5 Å². The molecule has 0 saturated carbocycles.